The van der Waals surface area contributed by atoms with Gasteiger partial charge in [0.15, 0.2) is 5.96 Å². The summed E-state index contributed by atoms with van der Waals surface area (Å²) in [5, 5.41) is 2.94. The Hall–Kier alpha value is -2.83. The lowest BCUT2D eigenvalue weighted by atomic mass is 10.1. The Morgan fingerprint density at radius 3 is 2.42 bits per heavy atom. The summed E-state index contributed by atoms with van der Waals surface area (Å²) in [6.45, 7) is 4.94. The highest BCUT2D eigenvalue weighted by Gasteiger charge is 2.09. The molecule has 0 fully saturated rings. The van der Waals surface area contributed by atoms with Crippen LogP contribution in [0.15, 0.2) is 41.4 Å². The number of nitrogens with one attached hydrogen (secondary N) is 1. The number of nitrogens with two attached hydrogens (primary N) is 1. The van der Waals surface area contributed by atoms with Crippen molar-refractivity contribution in [3.63, 3.8) is 0 Å². The van der Waals surface area contributed by atoms with Gasteiger partial charge in [0, 0.05) is 18.2 Å². The summed E-state index contributed by atoms with van der Waals surface area (Å²) in [6, 6.07) is 9.10. The lowest BCUT2D eigenvalue weighted by Gasteiger charge is -2.14. The SMILES string of the molecule is CCOc1ccc(OCC)c(NC(N)=NCCc2c(F)cccc2F)c1. The van der Waals surface area contributed by atoms with Gasteiger partial charge in [-0.25, -0.2) is 8.78 Å². The van der Waals surface area contributed by atoms with Crippen molar-refractivity contribution < 1.29 is 18.3 Å². The highest BCUT2D eigenvalue weighted by molar-refractivity contribution is 5.94. The van der Waals surface area contributed by atoms with Gasteiger partial charge in [-0.1, -0.05) is 6.07 Å². The zero-order valence-corrected chi connectivity index (χ0v) is 14.9. The fraction of sp³-hybridized carbons (Fsp3) is 0.316. The first-order chi connectivity index (χ1) is 12.5. The van der Waals surface area contributed by atoms with Gasteiger partial charge in [0.2, 0.25) is 0 Å². The lowest BCUT2D eigenvalue weighted by Crippen LogP contribution is -2.23. The van der Waals surface area contributed by atoms with Crippen LogP contribution in [0.4, 0.5) is 14.5 Å². The van der Waals surface area contributed by atoms with Gasteiger partial charge in [0.25, 0.3) is 0 Å². The van der Waals surface area contributed by atoms with Crippen LogP contribution in [0, 0.1) is 11.6 Å². The molecule has 0 amide bonds. The van der Waals surface area contributed by atoms with Gasteiger partial charge in [-0.3, -0.25) is 4.99 Å². The van der Waals surface area contributed by atoms with Crippen LogP contribution >= 0.6 is 0 Å². The average molecular weight is 363 g/mol. The van der Waals surface area contributed by atoms with Gasteiger partial charge in [0.1, 0.15) is 23.1 Å². The number of ether oxygens (including phenoxy) is 2. The van der Waals surface area contributed by atoms with E-state index in [0.29, 0.717) is 30.4 Å². The van der Waals surface area contributed by atoms with Gasteiger partial charge in [-0.05, 0) is 44.5 Å². The minimum Gasteiger partial charge on any atom is -0.494 e. The van der Waals surface area contributed by atoms with Gasteiger partial charge in [-0.15, -0.1) is 0 Å². The van der Waals surface area contributed by atoms with Crippen LogP contribution in [0.1, 0.15) is 19.4 Å². The van der Waals surface area contributed by atoms with Crippen molar-refractivity contribution in [3.8, 4) is 11.5 Å². The number of rotatable bonds is 8. The van der Waals surface area contributed by atoms with Crippen LogP contribution in [0.2, 0.25) is 0 Å². The quantitative estimate of drug-likeness (QED) is 0.554. The van der Waals surface area contributed by atoms with Crippen LogP contribution in [0.25, 0.3) is 0 Å². The number of hydrogen-bond donors (Lipinski definition) is 2. The molecule has 2 aromatic carbocycles. The minimum absolute atomic E-state index is 0.00241. The largest absolute Gasteiger partial charge is 0.494 e. The van der Waals surface area contributed by atoms with Crippen molar-refractivity contribution in [2.75, 3.05) is 25.1 Å². The third-order valence-corrected chi connectivity index (χ3v) is 3.53. The molecule has 2 rings (SSSR count). The van der Waals surface area contributed by atoms with Gasteiger partial charge in [-0.2, -0.15) is 0 Å². The molecule has 2 aromatic rings. The lowest BCUT2D eigenvalue weighted by molar-refractivity contribution is 0.332. The molecule has 0 radical (unpaired) electrons. The second-order valence-corrected chi connectivity index (χ2v) is 5.37. The summed E-state index contributed by atoms with van der Waals surface area (Å²) in [5.74, 6) is 0.217. The molecule has 3 N–H and O–H groups in total. The molecule has 5 nitrogen and oxygen atoms in total. The topological polar surface area (TPSA) is 68.9 Å². The second kappa shape index (κ2) is 9.60. The molecule has 0 heterocycles. The summed E-state index contributed by atoms with van der Waals surface area (Å²) in [6.07, 6.45) is 0.109. The molecule has 0 saturated heterocycles. The standard InChI is InChI=1S/C19H23F2N3O2/c1-3-25-13-8-9-18(26-4-2)17(12-13)24-19(22)23-11-10-14-15(20)6-5-7-16(14)21/h5-9,12H,3-4,10-11H2,1-2H3,(H3,22,23,24). The summed E-state index contributed by atoms with van der Waals surface area (Å²) < 4.78 is 38.2. The van der Waals surface area contributed by atoms with E-state index in [1.54, 1.807) is 18.2 Å². The molecule has 0 bridgehead atoms. The van der Waals surface area contributed by atoms with Crippen molar-refractivity contribution in [1.82, 2.24) is 0 Å². The fourth-order valence-electron chi connectivity index (χ4n) is 2.38. The predicted octanol–water partition coefficient (Wildman–Crippen LogP) is 3.73. The monoisotopic (exact) mass is 363 g/mol. The summed E-state index contributed by atoms with van der Waals surface area (Å²) in [7, 11) is 0. The maximum Gasteiger partial charge on any atom is 0.193 e. The first-order valence-corrected chi connectivity index (χ1v) is 8.44. The molecular weight excluding hydrogens is 340 g/mol. The molecule has 7 heteroatoms. The Bertz CT molecular complexity index is 746. The van der Waals surface area contributed by atoms with E-state index in [4.69, 9.17) is 15.2 Å². The number of halogens is 2. The molecule has 26 heavy (non-hydrogen) atoms. The average Bonchev–Trinajstić information content (AvgIpc) is 2.60. The number of aliphatic imine (C=N–C) groups is 1. The van der Waals surface area contributed by atoms with Crippen LogP contribution in [0.5, 0.6) is 11.5 Å². The van der Waals surface area contributed by atoms with E-state index in [0.717, 1.165) is 0 Å². The van der Waals surface area contributed by atoms with Crippen molar-refractivity contribution in [2.24, 2.45) is 10.7 Å². The number of guanidine groups is 1. The summed E-state index contributed by atoms with van der Waals surface area (Å²) in [4.78, 5) is 4.13. The molecule has 0 aliphatic rings. The maximum absolute atomic E-state index is 13.6. The number of benzene rings is 2. The van der Waals surface area contributed by atoms with Crippen LogP contribution in [0.3, 0.4) is 0 Å². The minimum atomic E-state index is -0.588. The molecule has 0 unspecified atom stereocenters. The van der Waals surface area contributed by atoms with E-state index in [-0.39, 0.29) is 24.5 Å². The zero-order chi connectivity index (χ0) is 18.9. The maximum atomic E-state index is 13.6. The third kappa shape index (κ3) is 5.34. The van der Waals surface area contributed by atoms with Gasteiger partial charge < -0.3 is 20.5 Å². The van der Waals surface area contributed by atoms with E-state index in [2.05, 4.69) is 10.3 Å². The smallest absolute Gasteiger partial charge is 0.193 e. The van der Waals surface area contributed by atoms with E-state index in [1.807, 2.05) is 13.8 Å². The van der Waals surface area contributed by atoms with Crippen LogP contribution < -0.4 is 20.5 Å². The number of nitrogens with zero attached hydrogens (tertiary/aromatic N) is 1. The Morgan fingerprint density at radius 1 is 1.08 bits per heavy atom. The Labute approximate surface area is 151 Å². The van der Waals surface area contributed by atoms with E-state index in [1.165, 1.54) is 18.2 Å². The zero-order valence-electron chi connectivity index (χ0n) is 14.9. The van der Waals surface area contributed by atoms with E-state index < -0.39 is 11.6 Å². The van der Waals surface area contributed by atoms with Gasteiger partial charge in [0.05, 0.1) is 18.9 Å². The second-order valence-electron chi connectivity index (χ2n) is 5.37. The van der Waals surface area contributed by atoms with Crippen molar-refractivity contribution >= 4 is 11.6 Å². The van der Waals surface area contributed by atoms with E-state index >= 15 is 0 Å². The molecule has 0 saturated carbocycles. The van der Waals surface area contributed by atoms with Crippen LogP contribution in [-0.2, 0) is 6.42 Å². The molecule has 0 atom stereocenters. The van der Waals surface area contributed by atoms with Crippen molar-refractivity contribution in [3.05, 3.63) is 53.6 Å². The molecule has 0 spiro atoms. The Morgan fingerprint density at radius 2 is 1.77 bits per heavy atom. The molecule has 0 aliphatic carbocycles. The number of hydrogen-bond acceptors (Lipinski definition) is 3. The highest BCUT2D eigenvalue weighted by Crippen LogP contribution is 2.29. The highest BCUT2D eigenvalue weighted by atomic mass is 19.1. The Kier molecular flexibility index (Phi) is 7.20. The molecular formula is C19H23F2N3O2. The van der Waals surface area contributed by atoms with E-state index in [9.17, 15) is 8.78 Å². The van der Waals surface area contributed by atoms with Crippen LogP contribution in [-0.4, -0.2) is 25.7 Å². The van der Waals surface area contributed by atoms with Crippen molar-refractivity contribution in [2.45, 2.75) is 20.3 Å². The normalized spacial score (nSPS) is 11.3. The first kappa shape index (κ1) is 19.5. The summed E-state index contributed by atoms with van der Waals surface area (Å²) in [5.41, 5.74) is 6.50. The Balaban J connectivity index is 2.06. The molecule has 0 aliphatic heterocycles. The molecule has 140 valence electrons. The van der Waals surface area contributed by atoms with Gasteiger partial charge >= 0.3 is 0 Å². The predicted molar refractivity (Wildman–Crippen MR) is 99.0 cm³/mol. The first-order valence-electron chi connectivity index (χ1n) is 8.44. The van der Waals surface area contributed by atoms with Crippen molar-refractivity contribution in [1.29, 1.82) is 0 Å². The fourth-order valence-corrected chi connectivity index (χ4v) is 2.38. The molecule has 0 aromatic heterocycles. The third-order valence-electron chi connectivity index (χ3n) is 3.53. The number of anilines is 1. The summed E-state index contributed by atoms with van der Waals surface area (Å²) >= 11 is 0.